The van der Waals surface area contributed by atoms with Crippen molar-refractivity contribution in [3.05, 3.63) is 65.7 Å². The van der Waals surface area contributed by atoms with Gasteiger partial charge in [0.1, 0.15) is 5.75 Å². The van der Waals surface area contributed by atoms with Crippen LogP contribution in [0.1, 0.15) is 43.7 Å². The van der Waals surface area contributed by atoms with Gasteiger partial charge in [-0.3, -0.25) is 4.79 Å². The molecule has 0 radical (unpaired) electrons. The average Bonchev–Trinajstić information content (AvgIpc) is 3.31. The maximum atomic E-state index is 12.4. The molecule has 0 bridgehead atoms. The van der Waals surface area contributed by atoms with E-state index in [2.05, 4.69) is 18.2 Å². The van der Waals surface area contributed by atoms with Crippen LogP contribution in [-0.2, 0) is 9.53 Å². The summed E-state index contributed by atoms with van der Waals surface area (Å²) in [5, 5.41) is 0. The molecule has 1 aliphatic carbocycles. The van der Waals surface area contributed by atoms with Gasteiger partial charge >= 0.3 is 5.97 Å². The van der Waals surface area contributed by atoms with Crippen molar-refractivity contribution < 1.29 is 14.3 Å². The molecular formula is C21H24O3. The first-order valence-electron chi connectivity index (χ1n) is 8.60. The van der Waals surface area contributed by atoms with Gasteiger partial charge in [0.05, 0.1) is 18.6 Å². The molecule has 24 heavy (non-hydrogen) atoms. The lowest BCUT2D eigenvalue weighted by atomic mass is 10.0. The molecule has 2 aromatic carbocycles. The molecule has 0 N–H and O–H groups in total. The van der Waals surface area contributed by atoms with Crippen molar-refractivity contribution in [3.8, 4) is 5.75 Å². The summed E-state index contributed by atoms with van der Waals surface area (Å²) in [6, 6.07) is 18.2. The highest BCUT2D eigenvalue weighted by Gasteiger charge is 2.57. The Balaban J connectivity index is 1.94. The van der Waals surface area contributed by atoms with Crippen LogP contribution in [0.15, 0.2) is 54.6 Å². The van der Waals surface area contributed by atoms with Gasteiger partial charge < -0.3 is 9.47 Å². The largest absolute Gasteiger partial charge is 0.491 e. The summed E-state index contributed by atoms with van der Waals surface area (Å²) >= 11 is 0. The van der Waals surface area contributed by atoms with Gasteiger partial charge in [0.25, 0.3) is 0 Å². The SMILES string of the molecule is CCOC(=O)[C@@H]1[C@H](c2ccccc2)[C@H]1c1ccccc1OC(C)C. The minimum absolute atomic E-state index is 0.0983. The highest BCUT2D eigenvalue weighted by molar-refractivity contribution is 5.80. The lowest BCUT2D eigenvalue weighted by Crippen LogP contribution is -2.09. The first kappa shape index (κ1) is 16.6. The first-order valence-corrected chi connectivity index (χ1v) is 8.60. The predicted octanol–water partition coefficient (Wildman–Crippen LogP) is 4.53. The van der Waals surface area contributed by atoms with E-state index in [-0.39, 0.29) is 29.8 Å². The smallest absolute Gasteiger partial charge is 0.310 e. The van der Waals surface area contributed by atoms with E-state index in [1.54, 1.807) is 0 Å². The number of carbonyl (C=O) groups excluding carboxylic acids is 1. The van der Waals surface area contributed by atoms with Crippen molar-refractivity contribution in [1.82, 2.24) is 0 Å². The summed E-state index contributed by atoms with van der Waals surface area (Å²) in [5.74, 6) is 0.883. The Hall–Kier alpha value is -2.29. The Morgan fingerprint density at radius 3 is 2.33 bits per heavy atom. The lowest BCUT2D eigenvalue weighted by molar-refractivity contribution is -0.144. The predicted molar refractivity (Wildman–Crippen MR) is 94.3 cm³/mol. The van der Waals surface area contributed by atoms with Gasteiger partial charge in [-0.05, 0) is 38.0 Å². The standard InChI is InChI=1S/C21H24O3/c1-4-23-21(22)20-18(15-10-6-5-7-11-15)19(20)16-12-8-9-13-17(16)24-14(2)3/h5-14,18-20H,4H2,1-3H3/t18-,19-,20-/m1/s1. The topological polar surface area (TPSA) is 35.5 Å². The van der Waals surface area contributed by atoms with E-state index in [0.29, 0.717) is 6.61 Å². The molecule has 0 aromatic heterocycles. The van der Waals surface area contributed by atoms with Crippen LogP contribution in [0.25, 0.3) is 0 Å². The van der Waals surface area contributed by atoms with Gasteiger partial charge in [-0.15, -0.1) is 0 Å². The third-order valence-electron chi connectivity index (χ3n) is 4.40. The highest BCUT2D eigenvalue weighted by Crippen LogP contribution is 2.62. The van der Waals surface area contributed by atoms with Crippen molar-refractivity contribution in [2.75, 3.05) is 6.61 Å². The zero-order chi connectivity index (χ0) is 17.1. The summed E-state index contributed by atoms with van der Waals surface area (Å²) in [4.78, 5) is 12.4. The molecule has 1 saturated carbocycles. The number of benzene rings is 2. The minimum atomic E-state index is -0.135. The fraction of sp³-hybridized carbons (Fsp3) is 0.381. The molecule has 3 rings (SSSR count). The Morgan fingerprint density at radius 1 is 1.00 bits per heavy atom. The minimum Gasteiger partial charge on any atom is -0.491 e. The summed E-state index contributed by atoms with van der Waals surface area (Å²) in [7, 11) is 0. The van der Waals surface area contributed by atoms with Crippen molar-refractivity contribution in [3.63, 3.8) is 0 Å². The zero-order valence-corrected chi connectivity index (χ0v) is 14.4. The van der Waals surface area contributed by atoms with Crippen molar-refractivity contribution in [1.29, 1.82) is 0 Å². The van der Waals surface area contributed by atoms with Gasteiger partial charge in [0.15, 0.2) is 0 Å². The molecule has 0 aliphatic heterocycles. The maximum Gasteiger partial charge on any atom is 0.310 e. The molecule has 1 aliphatic rings. The average molecular weight is 324 g/mol. The summed E-state index contributed by atoms with van der Waals surface area (Å²) in [6.45, 7) is 6.29. The van der Waals surface area contributed by atoms with E-state index in [9.17, 15) is 4.79 Å². The molecule has 3 atom stereocenters. The van der Waals surface area contributed by atoms with Gasteiger partial charge in [-0.25, -0.2) is 0 Å². The molecule has 2 aromatic rings. The number of rotatable bonds is 6. The van der Waals surface area contributed by atoms with Crippen LogP contribution in [0.3, 0.4) is 0 Å². The van der Waals surface area contributed by atoms with Crippen LogP contribution < -0.4 is 4.74 Å². The summed E-state index contributed by atoms with van der Waals surface area (Å²) < 4.78 is 11.3. The second-order valence-corrected chi connectivity index (χ2v) is 6.44. The van der Waals surface area contributed by atoms with Crippen LogP contribution >= 0.6 is 0 Å². The molecule has 0 amide bonds. The van der Waals surface area contributed by atoms with Gasteiger partial charge in [0, 0.05) is 11.8 Å². The molecule has 126 valence electrons. The van der Waals surface area contributed by atoms with Crippen LogP contribution in [-0.4, -0.2) is 18.7 Å². The number of esters is 1. The van der Waals surface area contributed by atoms with Crippen molar-refractivity contribution in [2.45, 2.75) is 38.7 Å². The molecule has 3 heteroatoms. The number of hydrogen-bond acceptors (Lipinski definition) is 3. The Kier molecular flexibility index (Phi) is 4.89. The number of hydrogen-bond donors (Lipinski definition) is 0. The maximum absolute atomic E-state index is 12.4. The van der Waals surface area contributed by atoms with Gasteiger partial charge in [0.2, 0.25) is 0 Å². The normalized spacial score (nSPS) is 22.2. The van der Waals surface area contributed by atoms with E-state index in [0.717, 1.165) is 11.3 Å². The molecule has 1 fully saturated rings. The van der Waals surface area contributed by atoms with Crippen LogP contribution in [0, 0.1) is 5.92 Å². The Morgan fingerprint density at radius 2 is 1.67 bits per heavy atom. The summed E-state index contributed by atoms with van der Waals surface area (Å²) in [5.41, 5.74) is 2.28. The fourth-order valence-corrected chi connectivity index (χ4v) is 3.44. The second-order valence-electron chi connectivity index (χ2n) is 6.44. The molecule has 0 unspecified atom stereocenters. The zero-order valence-electron chi connectivity index (χ0n) is 14.4. The van der Waals surface area contributed by atoms with Crippen molar-refractivity contribution in [2.24, 2.45) is 5.92 Å². The number of carbonyl (C=O) groups is 1. The molecule has 0 heterocycles. The van der Waals surface area contributed by atoms with Crippen LogP contribution in [0.4, 0.5) is 0 Å². The monoisotopic (exact) mass is 324 g/mol. The third-order valence-corrected chi connectivity index (χ3v) is 4.40. The molecular weight excluding hydrogens is 300 g/mol. The summed E-state index contributed by atoms with van der Waals surface area (Å²) in [6.07, 6.45) is 0.0983. The molecule has 3 nitrogen and oxygen atoms in total. The van der Waals surface area contributed by atoms with E-state index in [1.807, 2.05) is 57.2 Å². The lowest BCUT2D eigenvalue weighted by Gasteiger charge is -2.14. The third kappa shape index (κ3) is 3.30. The second kappa shape index (κ2) is 7.08. The van der Waals surface area contributed by atoms with E-state index >= 15 is 0 Å². The number of ether oxygens (including phenoxy) is 2. The van der Waals surface area contributed by atoms with Gasteiger partial charge in [-0.1, -0.05) is 48.5 Å². The van der Waals surface area contributed by atoms with E-state index < -0.39 is 0 Å². The van der Waals surface area contributed by atoms with Crippen molar-refractivity contribution >= 4 is 5.97 Å². The Bertz CT molecular complexity index is 693. The molecule has 0 saturated heterocycles. The Labute approximate surface area is 143 Å². The van der Waals surface area contributed by atoms with Crippen LogP contribution in [0.5, 0.6) is 5.75 Å². The van der Waals surface area contributed by atoms with Crippen LogP contribution in [0.2, 0.25) is 0 Å². The highest BCUT2D eigenvalue weighted by atomic mass is 16.5. The molecule has 0 spiro atoms. The number of para-hydroxylation sites is 1. The van der Waals surface area contributed by atoms with Gasteiger partial charge in [-0.2, -0.15) is 0 Å². The van der Waals surface area contributed by atoms with E-state index in [4.69, 9.17) is 9.47 Å². The first-order chi connectivity index (χ1) is 11.6. The quantitative estimate of drug-likeness (QED) is 0.732. The fourth-order valence-electron chi connectivity index (χ4n) is 3.44. The van der Waals surface area contributed by atoms with E-state index in [1.165, 1.54) is 5.56 Å².